The molecule has 0 aromatic heterocycles. The number of benzene rings is 1. The summed E-state index contributed by atoms with van der Waals surface area (Å²) in [7, 11) is -1.92. The molecule has 116 valence electrons. The van der Waals surface area contributed by atoms with Crippen molar-refractivity contribution >= 4 is 21.6 Å². The lowest BCUT2D eigenvalue weighted by Crippen LogP contribution is -2.50. The number of hydrogen-bond acceptors (Lipinski definition) is 4. The van der Waals surface area contributed by atoms with Gasteiger partial charge in [-0.25, -0.2) is 8.42 Å². The second kappa shape index (κ2) is 6.44. The lowest BCUT2D eigenvalue weighted by molar-refractivity contribution is -0.132. The van der Waals surface area contributed by atoms with E-state index in [4.69, 9.17) is 0 Å². The molecule has 1 aromatic carbocycles. The van der Waals surface area contributed by atoms with Gasteiger partial charge in [0.25, 0.3) is 0 Å². The molecule has 6 nitrogen and oxygen atoms in total. The molecule has 1 saturated heterocycles. The molecule has 0 spiro atoms. The van der Waals surface area contributed by atoms with Crippen LogP contribution in [0.4, 0.5) is 5.69 Å². The van der Waals surface area contributed by atoms with Crippen LogP contribution in [-0.2, 0) is 14.8 Å². The van der Waals surface area contributed by atoms with Crippen LogP contribution in [0, 0.1) is 0 Å². The highest BCUT2D eigenvalue weighted by molar-refractivity contribution is 7.89. The molecule has 0 atom stereocenters. The molecule has 21 heavy (non-hydrogen) atoms. The van der Waals surface area contributed by atoms with Gasteiger partial charge in [-0.05, 0) is 30.7 Å². The molecule has 0 bridgehead atoms. The van der Waals surface area contributed by atoms with Crippen LogP contribution in [-0.4, -0.2) is 56.8 Å². The summed E-state index contributed by atoms with van der Waals surface area (Å²) in [6, 6.07) is 6.66. The zero-order chi connectivity index (χ0) is 15.5. The number of piperazine rings is 1. The Balaban J connectivity index is 2.14. The Labute approximate surface area is 125 Å². The number of rotatable bonds is 5. The third kappa shape index (κ3) is 3.54. The maximum absolute atomic E-state index is 12.5. The van der Waals surface area contributed by atoms with E-state index in [0.717, 1.165) is 18.7 Å². The number of nitrogens with one attached hydrogen (secondary N) is 1. The summed E-state index contributed by atoms with van der Waals surface area (Å²) in [5.41, 5.74) is 0.894. The lowest BCUT2D eigenvalue weighted by Gasteiger charge is -2.31. The van der Waals surface area contributed by atoms with Crippen molar-refractivity contribution in [2.75, 3.05) is 38.5 Å². The first-order valence-electron chi connectivity index (χ1n) is 7.03. The number of sulfonamides is 1. The normalized spacial score (nSPS) is 17.0. The summed E-state index contributed by atoms with van der Waals surface area (Å²) in [4.78, 5) is 13.4. The standard InChI is InChI=1S/C14H21N3O3S/c1-3-8-15-12-4-6-13(7-5-12)21(19,20)17-10-9-16(2)14(18)11-17/h4-7,15H,3,8-11H2,1-2H3. The first-order chi connectivity index (χ1) is 9.95. The van der Waals surface area contributed by atoms with Gasteiger partial charge >= 0.3 is 0 Å². The minimum Gasteiger partial charge on any atom is -0.385 e. The van der Waals surface area contributed by atoms with Gasteiger partial charge in [0, 0.05) is 32.4 Å². The van der Waals surface area contributed by atoms with E-state index in [1.807, 2.05) is 0 Å². The predicted octanol–water partition coefficient (Wildman–Crippen LogP) is 0.971. The van der Waals surface area contributed by atoms with Crippen molar-refractivity contribution in [3.8, 4) is 0 Å². The monoisotopic (exact) mass is 311 g/mol. The summed E-state index contributed by atoms with van der Waals surface area (Å²) in [5, 5.41) is 3.20. The SMILES string of the molecule is CCCNc1ccc(S(=O)(=O)N2CCN(C)C(=O)C2)cc1. The molecule has 1 amide bonds. The van der Waals surface area contributed by atoms with Gasteiger partial charge in [0.1, 0.15) is 0 Å². The van der Waals surface area contributed by atoms with E-state index in [1.54, 1.807) is 36.2 Å². The van der Waals surface area contributed by atoms with E-state index < -0.39 is 10.0 Å². The highest BCUT2D eigenvalue weighted by Gasteiger charge is 2.31. The van der Waals surface area contributed by atoms with Crippen molar-refractivity contribution in [1.29, 1.82) is 0 Å². The van der Waals surface area contributed by atoms with Gasteiger partial charge in [-0.3, -0.25) is 4.79 Å². The third-order valence-electron chi connectivity index (χ3n) is 3.49. The number of amides is 1. The number of hydrogen-bond donors (Lipinski definition) is 1. The number of carbonyl (C=O) groups is 1. The quantitative estimate of drug-likeness (QED) is 0.880. The van der Waals surface area contributed by atoms with Crippen molar-refractivity contribution in [3.05, 3.63) is 24.3 Å². The van der Waals surface area contributed by atoms with Crippen LogP contribution in [0.1, 0.15) is 13.3 Å². The predicted molar refractivity (Wildman–Crippen MR) is 81.6 cm³/mol. The van der Waals surface area contributed by atoms with Gasteiger partial charge < -0.3 is 10.2 Å². The maximum Gasteiger partial charge on any atom is 0.243 e. The van der Waals surface area contributed by atoms with E-state index in [9.17, 15) is 13.2 Å². The van der Waals surface area contributed by atoms with Crippen LogP contribution in [0.5, 0.6) is 0 Å². The smallest absolute Gasteiger partial charge is 0.243 e. The van der Waals surface area contributed by atoms with E-state index in [0.29, 0.717) is 13.1 Å². The van der Waals surface area contributed by atoms with Crippen LogP contribution in [0.2, 0.25) is 0 Å². The van der Waals surface area contributed by atoms with Gasteiger partial charge in [0.05, 0.1) is 11.4 Å². The average molecular weight is 311 g/mol. The van der Waals surface area contributed by atoms with Crippen LogP contribution in [0.25, 0.3) is 0 Å². The minimum absolute atomic E-state index is 0.0886. The second-order valence-corrected chi connectivity index (χ2v) is 7.04. The second-order valence-electron chi connectivity index (χ2n) is 5.11. The van der Waals surface area contributed by atoms with Crippen molar-refractivity contribution in [3.63, 3.8) is 0 Å². The molecule has 7 heteroatoms. The number of anilines is 1. The van der Waals surface area contributed by atoms with Crippen LogP contribution in [0.15, 0.2) is 29.2 Å². The average Bonchev–Trinajstić information content (AvgIpc) is 2.48. The third-order valence-corrected chi connectivity index (χ3v) is 5.35. The highest BCUT2D eigenvalue weighted by atomic mass is 32.2. The Morgan fingerprint density at radius 2 is 1.86 bits per heavy atom. The number of nitrogens with zero attached hydrogens (tertiary/aromatic N) is 2. The molecule has 2 rings (SSSR count). The summed E-state index contributed by atoms with van der Waals surface area (Å²) in [6.45, 7) is 3.58. The van der Waals surface area contributed by atoms with E-state index in [-0.39, 0.29) is 17.3 Å². The van der Waals surface area contributed by atoms with E-state index >= 15 is 0 Å². The first kappa shape index (κ1) is 15.8. The molecule has 1 aliphatic rings. The number of carbonyl (C=O) groups excluding carboxylic acids is 1. The molecular formula is C14H21N3O3S. The largest absolute Gasteiger partial charge is 0.385 e. The Morgan fingerprint density at radius 3 is 2.43 bits per heavy atom. The molecule has 0 aliphatic carbocycles. The van der Waals surface area contributed by atoms with Crippen molar-refractivity contribution in [2.24, 2.45) is 0 Å². The van der Waals surface area contributed by atoms with Gasteiger partial charge in [0.2, 0.25) is 15.9 Å². The van der Waals surface area contributed by atoms with Gasteiger partial charge in [0.15, 0.2) is 0 Å². The summed E-state index contributed by atoms with van der Waals surface area (Å²) >= 11 is 0. The Kier molecular flexibility index (Phi) is 4.84. The Bertz CT molecular complexity index is 598. The minimum atomic E-state index is -3.60. The van der Waals surface area contributed by atoms with Gasteiger partial charge in [-0.2, -0.15) is 4.31 Å². The van der Waals surface area contributed by atoms with Crippen molar-refractivity contribution < 1.29 is 13.2 Å². The summed E-state index contributed by atoms with van der Waals surface area (Å²) in [6.07, 6.45) is 1.00. The molecule has 0 unspecified atom stereocenters. The van der Waals surface area contributed by atoms with Gasteiger partial charge in [-0.15, -0.1) is 0 Å². The molecule has 1 N–H and O–H groups in total. The summed E-state index contributed by atoms with van der Waals surface area (Å²) in [5.74, 6) is -0.175. The zero-order valence-electron chi connectivity index (χ0n) is 12.4. The van der Waals surface area contributed by atoms with E-state index in [2.05, 4.69) is 12.2 Å². The molecule has 1 aromatic rings. The lowest BCUT2D eigenvalue weighted by atomic mass is 10.3. The van der Waals surface area contributed by atoms with Crippen molar-refractivity contribution in [1.82, 2.24) is 9.21 Å². The molecular weight excluding hydrogens is 290 g/mol. The van der Waals surface area contributed by atoms with E-state index in [1.165, 1.54) is 4.31 Å². The fraction of sp³-hybridized carbons (Fsp3) is 0.500. The molecule has 0 radical (unpaired) electrons. The molecule has 1 heterocycles. The Morgan fingerprint density at radius 1 is 1.19 bits per heavy atom. The van der Waals surface area contributed by atoms with Gasteiger partial charge in [-0.1, -0.05) is 6.92 Å². The topological polar surface area (TPSA) is 69.7 Å². The summed E-state index contributed by atoms with van der Waals surface area (Å²) < 4.78 is 26.2. The molecule has 0 saturated carbocycles. The fourth-order valence-corrected chi connectivity index (χ4v) is 3.49. The fourth-order valence-electron chi connectivity index (χ4n) is 2.11. The first-order valence-corrected chi connectivity index (χ1v) is 8.47. The molecule has 1 fully saturated rings. The molecule has 1 aliphatic heterocycles. The van der Waals surface area contributed by atoms with Crippen LogP contribution in [0.3, 0.4) is 0 Å². The van der Waals surface area contributed by atoms with Crippen LogP contribution < -0.4 is 5.32 Å². The highest BCUT2D eigenvalue weighted by Crippen LogP contribution is 2.19. The van der Waals surface area contributed by atoms with Crippen molar-refractivity contribution in [2.45, 2.75) is 18.2 Å². The van der Waals surface area contributed by atoms with Crippen LogP contribution >= 0.6 is 0 Å². The maximum atomic E-state index is 12.5. The number of likely N-dealkylation sites (N-methyl/N-ethyl adjacent to an activating group) is 1. The Hall–Kier alpha value is -1.60. The zero-order valence-corrected chi connectivity index (χ0v) is 13.2.